The smallest absolute Gasteiger partial charge is 0.262 e. The van der Waals surface area contributed by atoms with Crippen molar-refractivity contribution in [2.75, 3.05) is 0 Å². The van der Waals surface area contributed by atoms with Crippen LogP contribution in [0, 0.1) is 0 Å². The Hall–Kier alpha value is -2.09. The lowest BCUT2D eigenvalue weighted by molar-refractivity contribution is 0.540. The first kappa shape index (κ1) is 13.6. The summed E-state index contributed by atoms with van der Waals surface area (Å²) in [4.78, 5) is 19.4. The molecule has 3 aromatic rings. The fourth-order valence-corrected chi connectivity index (χ4v) is 4.23. The van der Waals surface area contributed by atoms with Crippen LogP contribution in [0.25, 0.3) is 10.2 Å². The SMILES string of the molecule is CCCn1nnnc1Cn1cnc2sc3c(c2c1=O)CCC3. The number of thiophene rings is 1. The Bertz CT molecular complexity index is 893. The maximum Gasteiger partial charge on any atom is 0.262 e. The van der Waals surface area contributed by atoms with Crippen molar-refractivity contribution in [3.8, 4) is 0 Å². The summed E-state index contributed by atoms with van der Waals surface area (Å²) < 4.78 is 3.36. The van der Waals surface area contributed by atoms with Gasteiger partial charge >= 0.3 is 0 Å². The van der Waals surface area contributed by atoms with Gasteiger partial charge in [0.15, 0.2) is 5.82 Å². The van der Waals surface area contributed by atoms with Crippen LogP contribution in [-0.4, -0.2) is 29.8 Å². The standard InChI is InChI=1S/C14H16N6OS/c1-2-6-20-11(16-17-18-20)7-19-8-15-13-12(14(19)21)9-4-3-5-10(9)22-13/h8H,2-7H2,1H3. The summed E-state index contributed by atoms with van der Waals surface area (Å²) >= 11 is 1.66. The van der Waals surface area contributed by atoms with Crippen molar-refractivity contribution in [2.24, 2.45) is 0 Å². The van der Waals surface area contributed by atoms with Crippen LogP contribution >= 0.6 is 11.3 Å². The second-order valence-corrected chi connectivity index (χ2v) is 6.62. The van der Waals surface area contributed by atoms with Gasteiger partial charge in [-0.05, 0) is 41.7 Å². The molecule has 0 N–H and O–H groups in total. The number of aromatic nitrogens is 6. The quantitative estimate of drug-likeness (QED) is 0.727. The molecule has 1 aliphatic rings. The van der Waals surface area contributed by atoms with Crippen LogP contribution in [0.5, 0.6) is 0 Å². The predicted molar refractivity (Wildman–Crippen MR) is 83.1 cm³/mol. The molecule has 0 aliphatic heterocycles. The van der Waals surface area contributed by atoms with Gasteiger partial charge in [-0.25, -0.2) is 9.67 Å². The fraction of sp³-hybridized carbons (Fsp3) is 0.500. The number of rotatable bonds is 4. The fourth-order valence-electron chi connectivity index (χ4n) is 3.01. The van der Waals surface area contributed by atoms with E-state index in [1.165, 1.54) is 10.4 Å². The number of fused-ring (bicyclic) bond motifs is 3. The van der Waals surface area contributed by atoms with Gasteiger partial charge in [0, 0.05) is 11.4 Å². The Balaban J connectivity index is 1.78. The van der Waals surface area contributed by atoms with E-state index in [-0.39, 0.29) is 5.56 Å². The number of tetrazole rings is 1. The van der Waals surface area contributed by atoms with Crippen molar-refractivity contribution in [3.05, 3.63) is 32.9 Å². The Labute approximate surface area is 130 Å². The molecule has 1 aliphatic carbocycles. The second-order valence-electron chi connectivity index (χ2n) is 5.53. The molecule has 0 unspecified atom stereocenters. The van der Waals surface area contributed by atoms with Gasteiger partial charge in [-0.15, -0.1) is 16.4 Å². The lowest BCUT2D eigenvalue weighted by atomic mass is 10.2. The molecule has 0 saturated heterocycles. The lowest BCUT2D eigenvalue weighted by Crippen LogP contribution is -2.23. The number of hydrogen-bond acceptors (Lipinski definition) is 6. The molecule has 0 bridgehead atoms. The molecule has 0 amide bonds. The summed E-state index contributed by atoms with van der Waals surface area (Å²) in [7, 11) is 0. The van der Waals surface area contributed by atoms with Crippen molar-refractivity contribution in [3.63, 3.8) is 0 Å². The summed E-state index contributed by atoms with van der Waals surface area (Å²) in [5.74, 6) is 0.692. The number of nitrogens with zero attached hydrogens (tertiary/aromatic N) is 6. The summed E-state index contributed by atoms with van der Waals surface area (Å²) in [5.41, 5.74) is 1.23. The van der Waals surface area contributed by atoms with Gasteiger partial charge in [0.25, 0.3) is 5.56 Å². The van der Waals surface area contributed by atoms with Crippen LogP contribution in [0.3, 0.4) is 0 Å². The first-order chi connectivity index (χ1) is 10.8. The zero-order valence-electron chi connectivity index (χ0n) is 12.3. The Morgan fingerprint density at radius 1 is 1.36 bits per heavy atom. The van der Waals surface area contributed by atoms with E-state index in [4.69, 9.17) is 0 Å². The largest absolute Gasteiger partial charge is 0.291 e. The van der Waals surface area contributed by atoms with Crippen LogP contribution in [0.2, 0.25) is 0 Å². The third kappa shape index (κ3) is 2.06. The van der Waals surface area contributed by atoms with E-state index in [9.17, 15) is 4.79 Å². The van der Waals surface area contributed by atoms with Gasteiger partial charge in [-0.1, -0.05) is 6.92 Å². The molecule has 8 heteroatoms. The number of aryl methyl sites for hydroxylation is 3. The van der Waals surface area contributed by atoms with E-state index in [1.54, 1.807) is 26.9 Å². The molecule has 7 nitrogen and oxygen atoms in total. The third-order valence-electron chi connectivity index (χ3n) is 4.05. The molecular formula is C14H16N6OS. The normalized spacial score (nSPS) is 13.9. The topological polar surface area (TPSA) is 78.5 Å². The minimum absolute atomic E-state index is 0.0236. The highest BCUT2D eigenvalue weighted by Crippen LogP contribution is 2.34. The molecule has 0 radical (unpaired) electrons. The molecule has 114 valence electrons. The van der Waals surface area contributed by atoms with E-state index >= 15 is 0 Å². The molecule has 0 fully saturated rings. The predicted octanol–water partition coefficient (Wildman–Crippen LogP) is 1.39. The molecule has 0 saturated carbocycles. The third-order valence-corrected chi connectivity index (χ3v) is 5.24. The number of hydrogen-bond donors (Lipinski definition) is 0. The molecule has 22 heavy (non-hydrogen) atoms. The van der Waals surface area contributed by atoms with E-state index in [2.05, 4.69) is 27.4 Å². The van der Waals surface area contributed by atoms with Gasteiger partial charge in [0.05, 0.1) is 18.3 Å². The van der Waals surface area contributed by atoms with E-state index < -0.39 is 0 Å². The monoisotopic (exact) mass is 316 g/mol. The van der Waals surface area contributed by atoms with Crippen LogP contribution in [0.15, 0.2) is 11.1 Å². The molecule has 3 aromatic heterocycles. The molecular weight excluding hydrogens is 300 g/mol. The molecule has 0 atom stereocenters. The molecule has 0 spiro atoms. The van der Waals surface area contributed by atoms with Crippen LogP contribution in [0.1, 0.15) is 36.0 Å². The van der Waals surface area contributed by atoms with Crippen LogP contribution in [0.4, 0.5) is 0 Å². The summed E-state index contributed by atoms with van der Waals surface area (Å²) in [6.07, 6.45) is 5.76. The zero-order chi connectivity index (χ0) is 15.1. The average Bonchev–Trinajstić information content (AvgIpc) is 3.18. The van der Waals surface area contributed by atoms with Gasteiger partial charge in [0.1, 0.15) is 4.83 Å². The minimum atomic E-state index is 0.0236. The van der Waals surface area contributed by atoms with Gasteiger partial charge in [-0.3, -0.25) is 9.36 Å². The molecule has 3 heterocycles. The summed E-state index contributed by atoms with van der Waals surface area (Å²) in [6, 6.07) is 0. The van der Waals surface area contributed by atoms with E-state index in [0.29, 0.717) is 12.4 Å². The first-order valence-corrected chi connectivity index (χ1v) is 8.34. The average molecular weight is 316 g/mol. The summed E-state index contributed by atoms with van der Waals surface area (Å²) in [5, 5.41) is 12.5. The van der Waals surface area contributed by atoms with Crippen LogP contribution < -0.4 is 5.56 Å². The van der Waals surface area contributed by atoms with Crippen molar-refractivity contribution < 1.29 is 0 Å². The maximum atomic E-state index is 12.8. The zero-order valence-corrected chi connectivity index (χ0v) is 13.1. The van der Waals surface area contributed by atoms with Crippen LogP contribution in [-0.2, 0) is 25.9 Å². The molecule has 0 aromatic carbocycles. The van der Waals surface area contributed by atoms with Crippen molar-refractivity contribution in [2.45, 2.75) is 45.7 Å². The van der Waals surface area contributed by atoms with Crippen molar-refractivity contribution in [1.29, 1.82) is 0 Å². The Kier molecular flexibility index (Phi) is 3.25. The maximum absolute atomic E-state index is 12.8. The van der Waals surface area contributed by atoms with Gasteiger partial charge in [-0.2, -0.15) is 0 Å². The molecule has 4 rings (SSSR count). The second kappa shape index (κ2) is 5.28. The lowest BCUT2D eigenvalue weighted by Gasteiger charge is -2.06. The van der Waals surface area contributed by atoms with Gasteiger partial charge in [0.2, 0.25) is 0 Å². The van der Waals surface area contributed by atoms with Crippen molar-refractivity contribution in [1.82, 2.24) is 29.8 Å². The van der Waals surface area contributed by atoms with E-state index in [0.717, 1.165) is 42.4 Å². The Morgan fingerprint density at radius 3 is 3.14 bits per heavy atom. The highest BCUT2D eigenvalue weighted by molar-refractivity contribution is 7.18. The summed E-state index contributed by atoms with van der Waals surface area (Å²) in [6.45, 7) is 3.18. The highest BCUT2D eigenvalue weighted by atomic mass is 32.1. The minimum Gasteiger partial charge on any atom is -0.291 e. The van der Waals surface area contributed by atoms with Gasteiger partial charge < -0.3 is 0 Å². The first-order valence-electron chi connectivity index (χ1n) is 7.52. The highest BCUT2D eigenvalue weighted by Gasteiger charge is 2.21. The van der Waals surface area contributed by atoms with Crippen molar-refractivity contribution >= 4 is 21.6 Å². The Morgan fingerprint density at radius 2 is 2.27 bits per heavy atom. The van der Waals surface area contributed by atoms with E-state index in [1.807, 2.05) is 0 Å².